The summed E-state index contributed by atoms with van der Waals surface area (Å²) in [5, 5.41) is 0. The third-order valence-corrected chi connectivity index (χ3v) is 3.62. The van der Waals surface area contributed by atoms with Crippen molar-refractivity contribution in [2.45, 2.75) is 12.5 Å². The van der Waals surface area contributed by atoms with Crippen LogP contribution in [0.1, 0.15) is 6.42 Å². The molecule has 0 saturated carbocycles. The highest BCUT2D eigenvalue weighted by molar-refractivity contribution is 6.22. The van der Waals surface area contributed by atoms with Crippen molar-refractivity contribution in [1.29, 1.82) is 0 Å². The number of carbonyl (C=O) groups excluding carboxylic acids is 2. The van der Waals surface area contributed by atoms with Crippen LogP contribution >= 0.6 is 0 Å². The molecule has 2 aliphatic rings. The first kappa shape index (κ1) is 12.3. The molecule has 1 aromatic rings. The van der Waals surface area contributed by atoms with Crippen molar-refractivity contribution in [2.75, 3.05) is 31.2 Å². The number of para-hydroxylation sites is 1. The lowest BCUT2D eigenvalue weighted by atomic mass is 10.2. The molecule has 0 spiro atoms. The second kappa shape index (κ2) is 5.11. The van der Waals surface area contributed by atoms with Gasteiger partial charge in [-0.25, -0.2) is 4.90 Å². The Morgan fingerprint density at radius 1 is 1.05 bits per heavy atom. The van der Waals surface area contributed by atoms with Gasteiger partial charge in [0.15, 0.2) is 0 Å². The monoisotopic (exact) mass is 260 g/mol. The Bertz CT molecular complexity index is 483. The molecule has 3 rings (SSSR count). The number of hydrogen-bond acceptors (Lipinski definition) is 4. The lowest BCUT2D eigenvalue weighted by Crippen LogP contribution is -2.47. The minimum absolute atomic E-state index is 0.113. The molecule has 2 aliphatic heterocycles. The molecule has 1 aromatic carbocycles. The fraction of sp³-hybridized carbons (Fsp3) is 0.429. The number of imide groups is 1. The smallest absolute Gasteiger partial charge is 0.251 e. The predicted molar refractivity (Wildman–Crippen MR) is 69.7 cm³/mol. The van der Waals surface area contributed by atoms with Gasteiger partial charge < -0.3 is 4.74 Å². The van der Waals surface area contributed by atoms with E-state index in [0.29, 0.717) is 32.0 Å². The van der Waals surface area contributed by atoms with Gasteiger partial charge in [-0.15, -0.1) is 0 Å². The average molecular weight is 260 g/mol. The molecule has 0 aromatic heterocycles. The van der Waals surface area contributed by atoms with Gasteiger partial charge in [-0.05, 0) is 12.1 Å². The molecular weight excluding hydrogens is 244 g/mol. The van der Waals surface area contributed by atoms with Gasteiger partial charge in [0.1, 0.15) is 0 Å². The van der Waals surface area contributed by atoms with E-state index >= 15 is 0 Å². The standard InChI is InChI=1S/C14H16N2O3/c17-13-10-12(15-6-8-19-9-7-15)14(18)16(13)11-4-2-1-3-5-11/h1-5,12H,6-10H2/t12-/m1/s1. The first-order valence-electron chi connectivity index (χ1n) is 6.51. The fourth-order valence-corrected chi connectivity index (χ4v) is 2.64. The van der Waals surface area contributed by atoms with E-state index in [-0.39, 0.29) is 24.3 Å². The zero-order valence-electron chi connectivity index (χ0n) is 10.6. The van der Waals surface area contributed by atoms with E-state index in [4.69, 9.17) is 4.74 Å². The first-order valence-corrected chi connectivity index (χ1v) is 6.51. The Labute approximate surface area is 111 Å². The molecule has 1 atom stereocenters. The van der Waals surface area contributed by atoms with E-state index in [2.05, 4.69) is 0 Å². The Morgan fingerprint density at radius 2 is 1.74 bits per heavy atom. The average Bonchev–Trinajstić information content (AvgIpc) is 2.76. The van der Waals surface area contributed by atoms with Gasteiger partial charge >= 0.3 is 0 Å². The normalized spacial score (nSPS) is 25.1. The number of benzene rings is 1. The van der Waals surface area contributed by atoms with Crippen molar-refractivity contribution < 1.29 is 14.3 Å². The maximum atomic E-state index is 12.4. The molecule has 2 heterocycles. The fourth-order valence-electron chi connectivity index (χ4n) is 2.64. The summed E-state index contributed by atoms with van der Waals surface area (Å²) in [4.78, 5) is 27.9. The molecule has 2 fully saturated rings. The Morgan fingerprint density at radius 3 is 2.42 bits per heavy atom. The number of carbonyl (C=O) groups is 2. The summed E-state index contributed by atoms with van der Waals surface area (Å²) < 4.78 is 5.28. The van der Waals surface area contributed by atoms with Crippen LogP contribution in [0.25, 0.3) is 0 Å². The summed E-state index contributed by atoms with van der Waals surface area (Å²) in [7, 11) is 0. The molecule has 0 N–H and O–H groups in total. The van der Waals surface area contributed by atoms with E-state index in [0.717, 1.165) is 0 Å². The van der Waals surface area contributed by atoms with Crippen LogP contribution in [0.3, 0.4) is 0 Å². The van der Waals surface area contributed by atoms with Gasteiger partial charge in [-0.2, -0.15) is 0 Å². The molecule has 0 radical (unpaired) electrons. The second-order valence-electron chi connectivity index (χ2n) is 4.77. The maximum absolute atomic E-state index is 12.4. The van der Waals surface area contributed by atoms with Crippen molar-refractivity contribution in [3.63, 3.8) is 0 Å². The molecule has 0 unspecified atom stereocenters. The predicted octanol–water partition coefficient (Wildman–Crippen LogP) is 0.651. The maximum Gasteiger partial charge on any atom is 0.251 e. The number of hydrogen-bond donors (Lipinski definition) is 0. The van der Waals surface area contributed by atoms with E-state index in [9.17, 15) is 9.59 Å². The summed E-state index contributed by atoms with van der Waals surface area (Å²) in [5.41, 5.74) is 0.660. The van der Waals surface area contributed by atoms with Crippen molar-refractivity contribution in [3.8, 4) is 0 Å². The summed E-state index contributed by atoms with van der Waals surface area (Å²) >= 11 is 0. The topological polar surface area (TPSA) is 49.9 Å². The van der Waals surface area contributed by atoms with Crippen LogP contribution in [-0.4, -0.2) is 49.1 Å². The molecule has 5 heteroatoms. The number of ether oxygens (including phenoxy) is 1. The van der Waals surface area contributed by atoms with Crippen LogP contribution in [0.4, 0.5) is 5.69 Å². The molecular formula is C14H16N2O3. The third-order valence-electron chi connectivity index (χ3n) is 3.62. The van der Waals surface area contributed by atoms with Gasteiger partial charge in [0, 0.05) is 13.1 Å². The summed E-state index contributed by atoms with van der Waals surface area (Å²) in [6, 6.07) is 8.79. The molecule has 0 bridgehead atoms. The van der Waals surface area contributed by atoms with Crippen molar-refractivity contribution in [3.05, 3.63) is 30.3 Å². The number of rotatable bonds is 2. The van der Waals surface area contributed by atoms with Crippen LogP contribution in [0.5, 0.6) is 0 Å². The lowest BCUT2D eigenvalue weighted by molar-refractivity contribution is -0.123. The van der Waals surface area contributed by atoms with Gasteiger partial charge in [0.05, 0.1) is 31.4 Å². The number of anilines is 1. The van der Waals surface area contributed by atoms with E-state index < -0.39 is 0 Å². The zero-order chi connectivity index (χ0) is 13.2. The van der Waals surface area contributed by atoms with Crippen LogP contribution < -0.4 is 4.90 Å². The highest BCUT2D eigenvalue weighted by Gasteiger charge is 2.42. The van der Waals surface area contributed by atoms with Crippen LogP contribution in [0.15, 0.2) is 30.3 Å². The van der Waals surface area contributed by atoms with Crippen LogP contribution in [0.2, 0.25) is 0 Å². The molecule has 19 heavy (non-hydrogen) atoms. The van der Waals surface area contributed by atoms with Gasteiger partial charge in [-0.1, -0.05) is 18.2 Å². The van der Waals surface area contributed by atoms with Gasteiger partial charge in [0.25, 0.3) is 5.91 Å². The Balaban J connectivity index is 1.81. The number of nitrogens with zero attached hydrogens (tertiary/aromatic N) is 2. The number of morpholine rings is 1. The van der Waals surface area contributed by atoms with Crippen LogP contribution in [-0.2, 0) is 14.3 Å². The Kier molecular flexibility index (Phi) is 3.31. The first-order chi connectivity index (χ1) is 9.27. The molecule has 2 saturated heterocycles. The van der Waals surface area contributed by atoms with Crippen molar-refractivity contribution >= 4 is 17.5 Å². The largest absolute Gasteiger partial charge is 0.379 e. The SMILES string of the molecule is O=C1C[C@@H](N2CCOCC2)C(=O)N1c1ccccc1. The molecule has 5 nitrogen and oxygen atoms in total. The van der Waals surface area contributed by atoms with Crippen LogP contribution in [0, 0.1) is 0 Å². The molecule has 100 valence electrons. The minimum atomic E-state index is -0.323. The van der Waals surface area contributed by atoms with Gasteiger partial charge in [0.2, 0.25) is 5.91 Å². The van der Waals surface area contributed by atoms with E-state index in [1.165, 1.54) is 4.90 Å². The summed E-state index contributed by atoms with van der Waals surface area (Å²) in [5.74, 6) is -0.231. The highest BCUT2D eigenvalue weighted by atomic mass is 16.5. The van der Waals surface area contributed by atoms with Crippen molar-refractivity contribution in [2.24, 2.45) is 0 Å². The zero-order valence-corrected chi connectivity index (χ0v) is 10.6. The van der Waals surface area contributed by atoms with Gasteiger partial charge in [-0.3, -0.25) is 14.5 Å². The quantitative estimate of drug-likeness (QED) is 0.733. The highest BCUT2D eigenvalue weighted by Crippen LogP contribution is 2.25. The summed E-state index contributed by atoms with van der Waals surface area (Å²) in [6.45, 7) is 2.69. The third kappa shape index (κ3) is 2.27. The molecule has 2 amide bonds. The van der Waals surface area contributed by atoms with E-state index in [1.54, 1.807) is 12.1 Å². The molecule has 0 aliphatic carbocycles. The second-order valence-corrected chi connectivity index (χ2v) is 4.77. The number of amides is 2. The van der Waals surface area contributed by atoms with Crippen molar-refractivity contribution in [1.82, 2.24) is 4.90 Å². The van der Waals surface area contributed by atoms with E-state index in [1.807, 2.05) is 23.1 Å². The minimum Gasteiger partial charge on any atom is -0.379 e. The summed E-state index contributed by atoms with van der Waals surface area (Å²) in [6.07, 6.45) is 0.272. The lowest BCUT2D eigenvalue weighted by Gasteiger charge is -2.30. The Hall–Kier alpha value is -1.72.